The van der Waals surface area contributed by atoms with E-state index in [1.807, 2.05) is 74.2 Å². The van der Waals surface area contributed by atoms with Gasteiger partial charge in [-0.25, -0.2) is 4.79 Å². The fourth-order valence-corrected chi connectivity index (χ4v) is 5.09. The molecule has 1 aliphatic rings. The maximum atomic E-state index is 12.7. The lowest BCUT2D eigenvalue weighted by molar-refractivity contribution is -0.123. The summed E-state index contributed by atoms with van der Waals surface area (Å²) in [4.78, 5) is 31.3. The molecule has 3 heterocycles. The molecule has 0 unspecified atom stereocenters. The number of ether oxygens (including phenoxy) is 2. The molecule has 1 aliphatic heterocycles. The van der Waals surface area contributed by atoms with Gasteiger partial charge in [-0.2, -0.15) is 0 Å². The largest absolute Gasteiger partial charge is 0.494 e. The van der Waals surface area contributed by atoms with E-state index in [0.29, 0.717) is 33.6 Å². The molecule has 0 saturated carbocycles. The summed E-state index contributed by atoms with van der Waals surface area (Å²) in [6.45, 7) is 5.55. The number of methoxy groups -OCH3 is 2. The average Bonchev–Trinajstić information content (AvgIpc) is 3.61. The molecule has 0 radical (unpaired) electrons. The predicted molar refractivity (Wildman–Crippen MR) is 164 cm³/mol. The first-order valence-electron chi connectivity index (χ1n) is 13.4. The number of amides is 1. The Morgan fingerprint density at radius 1 is 1.02 bits per heavy atom. The molecule has 10 heteroatoms. The Bertz CT molecular complexity index is 1630. The molecule has 2 N–H and O–H groups in total. The number of anilines is 2. The van der Waals surface area contributed by atoms with E-state index in [9.17, 15) is 9.59 Å². The molecule has 2 aromatic heterocycles. The number of rotatable bonds is 7. The van der Waals surface area contributed by atoms with Crippen molar-refractivity contribution >= 4 is 40.6 Å². The van der Waals surface area contributed by atoms with Crippen LogP contribution in [0.2, 0.25) is 0 Å². The fraction of sp³-hybridized carbons (Fsp3) is 0.250. The van der Waals surface area contributed by atoms with Gasteiger partial charge in [-0.3, -0.25) is 9.78 Å². The summed E-state index contributed by atoms with van der Waals surface area (Å²) in [7, 11) is 2.91. The van der Waals surface area contributed by atoms with Gasteiger partial charge >= 0.3 is 5.97 Å². The van der Waals surface area contributed by atoms with Crippen molar-refractivity contribution in [1.29, 1.82) is 0 Å². The molecular weight excluding hydrogens is 552 g/mol. The highest BCUT2D eigenvalue weighted by Crippen LogP contribution is 2.44. The number of hydrogen-bond acceptors (Lipinski definition) is 7. The Kier molecular flexibility index (Phi) is 8.00. The van der Waals surface area contributed by atoms with E-state index in [-0.39, 0.29) is 11.9 Å². The number of carbonyl (C=O) groups is 2. The number of esters is 1. The van der Waals surface area contributed by atoms with Crippen LogP contribution >= 0.6 is 12.2 Å². The zero-order valence-corrected chi connectivity index (χ0v) is 24.8. The summed E-state index contributed by atoms with van der Waals surface area (Å²) in [5.41, 5.74) is 2.68. The minimum Gasteiger partial charge on any atom is -0.494 e. The summed E-state index contributed by atoms with van der Waals surface area (Å²) >= 11 is 5.85. The van der Waals surface area contributed by atoms with Gasteiger partial charge < -0.3 is 29.4 Å². The second-order valence-electron chi connectivity index (χ2n) is 10.9. The van der Waals surface area contributed by atoms with Gasteiger partial charge in [0.1, 0.15) is 23.3 Å². The highest BCUT2D eigenvalue weighted by atomic mass is 32.1. The van der Waals surface area contributed by atoms with Crippen molar-refractivity contribution in [3.05, 3.63) is 96.0 Å². The number of furan rings is 1. The molecule has 1 amide bonds. The van der Waals surface area contributed by atoms with Crippen molar-refractivity contribution in [2.24, 2.45) is 5.41 Å². The smallest absolute Gasteiger partial charge is 0.337 e. The standard InChI is InChI=1S/C32H32N4O5S/c1-32(2,3)30(38)34-22-13-12-21(18-26(22)39-4)36-28(27(35-31(36)42)23-11-6-7-16-33-23)25-15-14-24(41-25)19-9-8-10-20(17-19)29(37)40-5/h6-18,27-28H,1-5H3,(H,34,38)(H,35,42)/t27-,28+/m1/s1. The maximum Gasteiger partial charge on any atom is 0.337 e. The summed E-state index contributed by atoms with van der Waals surface area (Å²) < 4.78 is 17.0. The van der Waals surface area contributed by atoms with Crippen LogP contribution in [0.5, 0.6) is 5.75 Å². The lowest BCUT2D eigenvalue weighted by Crippen LogP contribution is -2.30. The van der Waals surface area contributed by atoms with Crippen molar-refractivity contribution in [3.63, 3.8) is 0 Å². The number of hydrogen-bond donors (Lipinski definition) is 2. The summed E-state index contributed by atoms with van der Waals surface area (Å²) in [5.74, 6) is 1.17. The molecule has 9 nitrogen and oxygen atoms in total. The van der Waals surface area contributed by atoms with Crippen molar-refractivity contribution < 1.29 is 23.5 Å². The number of pyridine rings is 1. The minimum absolute atomic E-state index is 0.126. The van der Waals surface area contributed by atoms with Gasteiger partial charge in [0.05, 0.1) is 37.2 Å². The normalized spacial score (nSPS) is 16.6. The SMILES string of the molecule is COC(=O)c1cccc(-c2ccc([C@H]3[C@@H](c4ccccn4)NC(=S)N3c3ccc(NC(=O)C(C)(C)C)c(OC)c3)o2)c1. The van der Waals surface area contributed by atoms with E-state index >= 15 is 0 Å². The molecule has 1 fully saturated rings. The molecule has 5 rings (SSSR count). The number of nitrogens with zero attached hydrogens (tertiary/aromatic N) is 2. The van der Waals surface area contributed by atoms with E-state index in [4.69, 9.17) is 26.1 Å². The molecule has 0 bridgehead atoms. The maximum absolute atomic E-state index is 12.7. The summed E-state index contributed by atoms with van der Waals surface area (Å²) in [6, 6.07) is 21.3. The minimum atomic E-state index is -0.571. The van der Waals surface area contributed by atoms with Gasteiger partial charge in [-0.05, 0) is 60.7 Å². The molecule has 216 valence electrons. The molecule has 4 aromatic rings. The van der Waals surface area contributed by atoms with Crippen LogP contribution in [0.4, 0.5) is 11.4 Å². The highest BCUT2D eigenvalue weighted by Gasteiger charge is 2.43. The van der Waals surface area contributed by atoms with Crippen LogP contribution in [-0.4, -0.2) is 36.2 Å². The Labute approximate surface area is 249 Å². The predicted octanol–water partition coefficient (Wildman–Crippen LogP) is 6.30. The Morgan fingerprint density at radius 3 is 2.52 bits per heavy atom. The molecule has 2 atom stereocenters. The van der Waals surface area contributed by atoms with Gasteiger partial charge in [0, 0.05) is 28.9 Å². The average molecular weight is 585 g/mol. The monoisotopic (exact) mass is 584 g/mol. The quantitative estimate of drug-likeness (QED) is 0.191. The first kappa shape index (κ1) is 28.8. The van der Waals surface area contributed by atoms with Crippen LogP contribution in [-0.2, 0) is 9.53 Å². The number of carbonyl (C=O) groups excluding carboxylic acids is 2. The summed E-state index contributed by atoms with van der Waals surface area (Å²) in [5, 5.41) is 6.85. The van der Waals surface area contributed by atoms with Crippen LogP contribution in [0.3, 0.4) is 0 Å². The van der Waals surface area contributed by atoms with Crippen LogP contribution in [0.1, 0.15) is 54.7 Å². The summed E-state index contributed by atoms with van der Waals surface area (Å²) in [6.07, 6.45) is 1.74. The van der Waals surface area contributed by atoms with Gasteiger partial charge in [0.25, 0.3) is 0 Å². The van der Waals surface area contributed by atoms with Crippen LogP contribution in [0.25, 0.3) is 11.3 Å². The van der Waals surface area contributed by atoms with Crippen molar-refractivity contribution in [2.75, 3.05) is 24.4 Å². The lowest BCUT2D eigenvalue weighted by Gasteiger charge is -2.27. The van der Waals surface area contributed by atoms with E-state index in [2.05, 4.69) is 15.6 Å². The van der Waals surface area contributed by atoms with Gasteiger partial charge in [0.2, 0.25) is 5.91 Å². The van der Waals surface area contributed by atoms with E-state index in [1.165, 1.54) is 7.11 Å². The van der Waals surface area contributed by atoms with Crippen molar-refractivity contribution in [3.8, 4) is 17.1 Å². The van der Waals surface area contributed by atoms with Gasteiger partial charge in [-0.15, -0.1) is 0 Å². The molecule has 2 aromatic carbocycles. The zero-order valence-electron chi connectivity index (χ0n) is 24.0. The number of aromatic nitrogens is 1. The number of thiocarbonyl (C=S) groups is 1. The van der Waals surface area contributed by atoms with Gasteiger partial charge in [-0.1, -0.05) is 39.0 Å². The molecular formula is C32H32N4O5S. The fourth-order valence-electron chi connectivity index (χ4n) is 4.75. The van der Waals surface area contributed by atoms with E-state index < -0.39 is 17.4 Å². The highest BCUT2D eigenvalue weighted by molar-refractivity contribution is 7.80. The van der Waals surface area contributed by atoms with Gasteiger partial charge in [0.15, 0.2) is 5.11 Å². The van der Waals surface area contributed by atoms with Crippen molar-refractivity contribution in [2.45, 2.75) is 32.9 Å². The van der Waals surface area contributed by atoms with Crippen LogP contribution in [0, 0.1) is 5.41 Å². The Hall–Kier alpha value is -4.70. The number of benzene rings is 2. The Morgan fingerprint density at radius 2 is 1.83 bits per heavy atom. The molecule has 42 heavy (non-hydrogen) atoms. The second-order valence-corrected chi connectivity index (χ2v) is 11.2. The zero-order chi connectivity index (χ0) is 30.0. The van der Waals surface area contributed by atoms with Crippen LogP contribution < -0.4 is 20.3 Å². The van der Waals surface area contributed by atoms with Crippen LogP contribution in [0.15, 0.2) is 83.4 Å². The van der Waals surface area contributed by atoms with E-state index in [1.54, 1.807) is 37.6 Å². The first-order chi connectivity index (χ1) is 20.1. The molecule has 0 aliphatic carbocycles. The Balaban J connectivity index is 1.55. The third-order valence-electron chi connectivity index (χ3n) is 6.98. The van der Waals surface area contributed by atoms with E-state index in [0.717, 1.165) is 16.9 Å². The van der Waals surface area contributed by atoms with Crippen molar-refractivity contribution in [1.82, 2.24) is 10.3 Å². The third kappa shape index (κ3) is 5.71. The first-order valence-corrected chi connectivity index (χ1v) is 13.8. The number of nitrogens with one attached hydrogen (secondary N) is 2. The lowest BCUT2D eigenvalue weighted by atomic mass is 9.95. The second kappa shape index (κ2) is 11.7. The molecule has 1 saturated heterocycles. The molecule has 0 spiro atoms. The third-order valence-corrected chi connectivity index (χ3v) is 7.29. The topological polar surface area (TPSA) is 106 Å².